The number of fused-ring (bicyclic) bond motifs is 1. The van der Waals surface area contributed by atoms with Gasteiger partial charge in [-0.25, -0.2) is 4.98 Å². The molecule has 5 rings (SSSR count). The van der Waals surface area contributed by atoms with Gasteiger partial charge in [-0.3, -0.25) is 4.68 Å². The predicted molar refractivity (Wildman–Crippen MR) is 166 cm³/mol. The number of nitrogens with two attached hydrogens (primary N) is 1. The van der Waals surface area contributed by atoms with E-state index in [9.17, 15) is 5.11 Å². The van der Waals surface area contributed by atoms with Crippen LogP contribution in [0.25, 0.3) is 22.3 Å². The van der Waals surface area contributed by atoms with Crippen molar-refractivity contribution in [2.45, 2.75) is 58.2 Å². The summed E-state index contributed by atoms with van der Waals surface area (Å²) in [5, 5.41) is 23.7. The lowest BCUT2D eigenvalue weighted by Gasteiger charge is -2.15. The van der Waals surface area contributed by atoms with Crippen LogP contribution >= 0.6 is 11.6 Å². The van der Waals surface area contributed by atoms with Gasteiger partial charge in [-0.05, 0) is 88.3 Å². The van der Waals surface area contributed by atoms with Crippen LogP contribution in [0.2, 0.25) is 5.28 Å². The Morgan fingerprint density at radius 2 is 1.93 bits per heavy atom. The number of rotatable bonds is 13. The van der Waals surface area contributed by atoms with Crippen molar-refractivity contribution < 1.29 is 5.11 Å². The molecule has 3 aromatic heterocycles. The van der Waals surface area contributed by atoms with Gasteiger partial charge >= 0.3 is 0 Å². The molecule has 10 heteroatoms. The maximum absolute atomic E-state index is 10.9. The number of anilines is 1. The first-order valence-corrected chi connectivity index (χ1v) is 14.9. The van der Waals surface area contributed by atoms with E-state index in [0.717, 1.165) is 62.1 Å². The molecule has 3 atom stereocenters. The Bertz CT molecular complexity index is 1460. The highest BCUT2D eigenvalue weighted by Crippen LogP contribution is 2.41. The topological polar surface area (TPSA) is 119 Å². The van der Waals surface area contributed by atoms with Crippen LogP contribution in [0.1, 0.15) is 51.1 Å². The van der Waals surface area contributed by atoms with Crippen LogP contribution in [0.15, 0.2) is 60.4 Å². The summed E-state index contributed by atoms with van der Waals surface area (Å²) in [4.78, 5) is 8.81. The fourth-order valence-corrected chi connectivity index (χ4v) is 5.86. The normalized spacial score (nSPS) is 19.4. The van der Waals surface area contributed by atoms with Gasteiger partial charge in [0.15, 0.2) is 0 Å². The van der Waals surface area contributed by atoms with E-state index in [1.807, 2.05) is 35.1 Å². The van der Waals surface area contributed by atoms with E-state index in [1.54, 1.807) is 0 Å². The molecule has 4 aromatic rings. The minimum Gasteiger partial charge on any atom is -0.393 e. The van der Waals surface area contributed by atoms with Gasteiger partial charge in [0.1, 0.15) is 11.5 Å². The van der Waals surface area contributed by atoms with E-state index >= 15 is 0 Å². The van der Waals surface area contributed by atoms with Crippen LogP contribution in [0.5, 0.6) is 0 Å². The van der Waals surface area contributed by atoms with Gasteiger partial charge in [0, 0.05) is 30.5 Å². The minimum atomic E-state index is -0.393. The molecule has 1 saturated carbocycles. The number of benzene rings is 1. The van der Waals surface area contributed by atoms with E-state index in [2.05, 4.69) is 63.4 Å². The highest BCUT2D eigenvalue weighted by Gasteiger charge is 2.35. The predicted octanol–water partition coefficient (Wildman–Crippen LogP) is 4.82. The van der Waals surface area contributed by atoms with E-state index in [0.29, 0.717) is 24.4 Å². The number of allylic oxidation sites excluding steroid dienone is 1. The van der Waals surface area contributed by atoms with Crippen molar-refractivity contribution >= 4 is 28.5 Å². The van der Waals surface area contributed by atoms with E-state index in [1.165, 1.54) is 11.1 Å². The van der Waals surface area contributed by atoms with Crippen molar-refractivity contribution in [3.05, 3.63) is 71.3 Å². The van der Waals surface area contributed by atoms with E-state index < -0.39 is 6.10 Å². The summed E-state index contributed by atoms with van der Waals surface area (Å²) < 4.78 is 4.03. The number of aliphatic hydroxyl groups excluding tert-OH is 1. The fourth-order valence-electron chi connectivity index (χ4n) is 5.69. The third-order valence-corrected chi connectivity index (χ3v) is 8.27. The van der Waals surface area contributed by atoms with E-state index in [-0.39, 0.29) is 17.2 Å². The number of nitrogens with one attached hydrogen (secondary N) is 2. The summed E-state index contributed by atoms with van der Waals surface area (Å²) in [6.07, 6.45) is 9.42. The Labute approximate surface area is 246 Å². The Kier molecular flexibility index (Phi) is 9.72. The quantitative estimate of drug-likeness (QED) is 0.102. The molecule has 0 aliphatic heterocycles. The maximum Gasteiger partial charge on any atom is 0.226 e. The van der Waals surface area contributed by atoms with Crippen molar-refractivity contribution in [3.63, 3.8) is 0 Å². The molecule has 1 unspecified atom stereocenters. The van der Waals surface area contributed by atoms with E-state index in [4.69, 9.17) is 22.4 Å². The lowest BCUT2D eigenvalue weighted by Crippen LogP contribution is -2.30. The first-order valence-electron chi connectivity index (χ1n) is 14.6. The molecule has 9 nitrogen and oxygen atoms in total. The van der Waals surface area contributed by atoms with Gasteiger partial charge in [-0.15, -0.1) is 0 Å². The maximum atomic E-state index is 10.9. The molecule has 1 aliphatic rings. The molecule has 5 N–H and O–H groups in total. The van der Waals surface area contributed by atoms with Crippen molar-refractivity contribution in [2.24, 2.45) is 5.92 Å². The van der Waals surface area contributed by atoms with Crippen molar-refractivity contribution in [1.82, 2.24) is 34.9 Å². The summed E-state index contributed by atoms with van der Waals surface area (Å²) in [6, 6.07) is 12.3. The number of nitrogens with zero attached hydrogens (tertiary/aromatic N) is 5. The Balaban J connectivity index is 1.25. The SMILES string of the molecule is C/C=C(\C)CCNCCCNCC1C[C@@H](n2cc(-c3ccn(Cc4ccccc4)n3)c3c(N)nc(Cl)nc32)C[C@@H]1O. The van der Waals surface area contributed by atoms with Gasteiger partial charge in [0.25, 0.3) is 0 Å². The zero-order valence-electron chi connectivity index (χ0n) is 23.9. The second-order valence-electron chi connectivity index (χ2n) is 11.1. The molecule has 1 fully saturated rings. The summed E-state index contributed by atoms with van der Waals surface area (Å²) in [7, 11) is 0. The summed E-state index contributed by atoms with van der Waals surface area (Å²) in [5.41, 5.74) is 11.3. The molecule has 0 bridgehead atoms. The zero-order valence-corrected chi connectivity index (χ0v) is 24.7. The van der Waals surface area contributed by atoms with Gasteiger partial charge in [-0.2, -0.15) is 10.1 Å². The standard InChI is InChI=1S/C31H41ClN8O/c1-3-21(2)10-14-34-12-7-13-35-18-23-16-24(17-27(23)41)40-20-25(28-29(33)36-31(32)37-30(28)40)26-11-15-39(38-26)19-22-8-5-4-6-9-22/h3-6,8-9,11,15,20,23-24,27,34-35,41H,7,10,12-14,16-19H2,1-2H3,(H2,33,36,37)/b21-3+/t23?,24-,27+/m1/s1. The summed E-state index contributed by atoms with van der Waals surface area (Å²) in [6.45, 7) is 8.62. The molecule has 41 heavy (non-hydrogen) atoms. The average Bonchev–Trinajstić information content (AvgIpc) is 3.67. The molecule has 0 amide bonds. The molecule has 0 radical (unpaired) electrons. The first kappa shape index (κ1) is 29.3. The second-order valence-corrected chi connectivity index (χ2v) is 11.4. The molecule has 1 aliphatic carbocycles. The molecule has 0 saturated heterocycles. The van der Waals surface area contributed by atoms with Crippen LogP contribution in [-0.4, -0.2) is 61.7 Å². The molecule has 0 spiro atoms. The van der Waals surface area contributed by atoms with Gasteiger partial charge in [0.2, 0.25) is 5.28 Å². The number of aliphatic hydroxyl groups is 1. The van der Waals surface area contributed by atoms with Crippen LogP contribution in [0.4, 0.5) is 5.82 Å². The van der Waals surface area contributed by atoms with Gasteiger partial charge in [0.05, 0.1) is 23.7 Å². The number of hydrogen-bond acceptors (Lipinski definition) is 7. The smallest absolute Gasteiger partial charge is 0.226 e. The fraction of sp³-hybridized carbons (Fsp3) is 0.452. The molecular formula is C31H41ClN8O. The molecule has 3 heterocycles. The lowest BCUT2D eigenvalue weighted by atomic mass is 10.1. The number of hydrogen-bond donors (Lipinski definition) is 4. The van der Waals surface area contributed by atoms with Gasteiger partial charge < -0.3 is 26.0 Å². The zero-order chi connectivity index (χ0) is 28.8. The number of aromatic nitrogens is 5. The highest BCUT2D eigenvalue weighted by molar-refractivity contribution is 6.29. The van der Waals surface area contributed by atoms with Crippen LogP contribution < -0.4 is 16.4 Å². The van der Waals surface area contributed by atoms with Crippen LogP contribution in [0.3, 0.4) is 0 Å². The average molecular weight is 577 g/mol. The monoisotopic (exact) mass is 576 g/mol. The van der Waals surface area contributed by atoms with Crippen molar-refractivity contribution in [1.29, 1.82) is 0 Å². The van der Waals surface area contributed by atoms with Crippen LogP contribution in [0, 0.1) is 5.92 Å². The molecular weight excluding hydrogens is 536 g/mol. The van der Waals surface area contributed by atoms with Gasteiger partial charge in [-0.1, -0.05) is 42.0 Å². The number of nitrogen functional groups attached to an aromatic ring is 1. The third kappa shape index (κ3) is 7.16. The highest BCUT2D eigenvalue weighted by atomic mass is 35.5. The van der Waals surface area contributed by atoms with Crippen LogP contribution in [-0.2, 0) is 6.54 Å². The largest absolute Gasteiger partial charge is 0.393 e. The summed E-state index contributed by atoms with van der Waals surface area (Å²) >= 11 is 6.26. The summed E-state index contributed by atoms with van der Waals surface area (Å²) in [5.74, 6) is 0.489. The lowest BCUT2D eigenvalue weighted by molar-refractivity contribution is 0.130. The Morgan fingerprint density at radius 1 is 1.12 bits per heavy atom. The minimum absolute atomic E-state index is 0.0707. The molecule has 1 aromatic carbocycles. The number of halogens is 1. The Hall–Kier alpha value is -3.24. The third-order valence-electron chi connectivity index (χ3n) is 8.11. The first-order chi connectivity index (χ1) is 19.9. The molecule has 218 valence electrons. The van der Waals surface area contributed by atoms with Crippen molar-refractivity contribution in [3.8, 4) is 11.3 Å². The van der Waals surface area contributed by atoms with Crippen molar-refractivity contribution in [2.75, 3.05) is 31.9 Å². The Morgan fingerprint density at radius 3 is 2.73 bits per heavy atom. The second kappa shape index (κ2) is 13.6.